The first-order valence-electron chi connectivity index (χ1n) is 19.2. The lowest BCUT2D eigenvalue weighted by Gasteiger charge is -2.22. The molecule has 1 aromatic heterocycles. The lowest BCUT2D eigenvalue weighted by atomic mass is 10.0. The highest BCUT2D eigenvalue weighted by atomic mass is 16.5. The Balaban J connectivity index is 0.933. The standard InChI is InChI=1S/C51H43N2O2/c1-37(24-26-41-30-31-52(48-21-9-8-18-44(41)48)32-34-54-50-22-10-15-38-12-3-6-19-45(38)50)25-28-42-36-47-43-17-5-2-14-40(43)27-29-49(47)53(42)33-35-55-51-23-11-16-39-13-4-7-20-46(39)51/h2-31H,32-36H2,1H3/q+1. The van der Waals surface area contributed by atoms with Crippen LogP contribution in [0.5, 0.6) is 11.5 Å². The molecule has 0 fully saturated rings. The van der Waals surface area contributed by atoms with Crippen LogP contribution in [0.2, 0.25) is 0 Å². The van der Waals surface area contributed by atoms with Gasteiger partial charge in [0.15, 0.2) is 12.7 Å². The number of fused-ring (bicyclic) bond motifs is 6. The molecule has 4 heteroatoms. The van der Waals surface area contributed by atoms with Gasteiger partial charge in [-0.2, -0.15) is 4.57 Å². The van der Waals surface area contributed by atoms with E-state index in [-0.39, 0.29) is 0 Å². The maximum atomic E-state index is 6.44. The summed E-state index contributed by atoms with van der Waals surface area (Å²) in [7, 11) is 0. The van der Waals surface area contributed by atoms with E-state index in [1.54, 1.807) is 0 Å². The summed E-state index contributed by atoms with van der Waals surface area (Å²) in [5.41, 5.74) is 7.48. The summed E-state index contributed by atoms with van der Waals surface area (Å²) in [5, 5.41) is 8.48. The third-order valence-corrected chi connectivity index (χ3v) is 10.7. The van der Waals surface area contributed by atoms with E-state index in [2.05, 4.69) is 199 Å². The zero-order valence-corrected chi connectivity index (χ0v) is 31.1. The Kier molecular flexibility index (Phi) is 9.54. The summed E-state index contributed by atoms with van der Waals surface area (Å²) in [4.78, 5) is 2.44. The van der Waals surface area contributed by atoms with E-state index in [1.165, 1.54) is 60.5 Å². The van der Waals surface area contributed by atoms with Gasteiger partial charge in [0.1, 0.15) is 24.7 Å². The molecule has 0 saturated heterocycles. The van der Waals surface area contributed by atoms with Crippen LogP contribution in [-0.2, 0) is 13.0 Å². The Labute approximate surface area is 322 Å². The van der Waals surface area contributed by atoms with Gasteiger partial charge >= 0.3 is 0 Å². The van der Waals surface area contributed by atoms with E-state index in [1.807, 2.05) is 0 Å². The Bertz CT molecular complexity index is 2770. The van der Waals surface area contributed by atoms with Gasteiger partial charge in [-0.3, -0.25) is 0 Å². The Morgan fingerprint density at radius 3 is 1.95 bits per heavy atom. The van der Waals surface area contributed by atoms with Gasteiger partial charge in [-0.15, -0.1) is 0 Å². The fourth-order valence-electron chi connectivity index (χ4n) is 7.90. The summed E-state index contributed by atoms with van der Waals surface area (Å²) in [6, 6.07) is 53.3. The van der Waals surface area contributed by atoms with Gasteiger partial charge in [-0.1, -0.05) is 139 Å². The van der Waals surface area contributed by atoms with Crippen molar-refractivity contribution < 1.29 is 14.0 Å². The van der Waals surface area contributed by atoms with Crippen LogP contribution in [0.15, 0.2) is 187 Å². The average molecular weight is 716 g/mol. The zero-order chi connectivity index (χ0) is 37.0. The molecule has 1 aliphatic rings. The van der Waals surface area contributed by atoms with Crippen LogP contribution in [-0.4, -0.2) is 19.8 Å². The molecule has 0 radical (unpaired) electrons. The van der Waals surface area contributed by atoms with Crippen molar-refractivity contribution in [1.29, 1.82) is 0 Å². The molecule has 0 amide bonds. The molecule has 9 rings (SSSR count). The average Bonchev–Trinajstić information content (AvgIpc) is 3.60. The van der Waals surface area contributed by atoms with Gasteiger partial charge < -0.3 is 14.4 Å². The molecule has 268 valence electrons. The predicted octanol–water partition coefficient (Wildman–Crippen LogP) is 11.7. The maximum absolute atomic E-state index is 6.44. The maximum Gasteiger partial charge on any atom is 0.213 e. The first kappa shape index (κ1) is 34.1. The molecule has 0 N–H and O–H groups in total. The normalized spacial score (nSPS) is 13.8. The van der Waals surface area contributed by atoms with Crippen molar-refractivity contribution in [3.05, 3.63) is 198 Å². The molecular formula is C51H43N2O2+. The van der Waals surface area contributed by atoms with Gasteiger partial charge in [0.05, 0.1) is 11.9 Å². The van der Waals surface area contributed by atoms with Gasteiger partial charge in [0.2, 0.25) is 5.52 Å². The number of allylic oxidation sites excluding steroid dienone is 5. The number of hydrogen-bond acceptors (Lipinski definition) is 3. The molecule has 55 heavy (non-hydrogen) atoms. The molecule has 0 saturated carbocycles. The van der Waals surface area contributed by atoms with E-state index in [0.717, 1.165) is 41.8 Å². The van der Waals surface area contributed by atoms with Crippen molar-refractivity contribution in [2.24, 2.45) is 0 Å². The van der Waals surface area contributed by atoms with Crippen LogP contribution in [0, 0.1) is 0 Å². The fourth-order valence-corrected chi connectivity index (χ4v) is 7.90. The number of aromatic nitrogens is 1. The van der Waals surface area contributed by atoms with Crippen LogP contribution in [0.3, 0.4) is 0 Å². The summed E-state index contributed by atoms with van der Waals surface area (Å²) >= 11 is 0. The smallest absolute Gasteiger partial charge is 0.213 e. The quantitative estimate of drug-likeness (QED) is 0.0985. The second-order valence-corrected chi connectivity index (χ2v) is 14.1. The lowest BCUT2D eigenvalue weighted by molar-refractivity contribution is -0.672. The van der Waals surface area contributed by atoms with E-state index >= 15 is 0 Å². The predicted molar refractivity (Wildman–Crippen MR) is 229 cm³/mol. The summed E-state index contributed by atoms with van der Waals surface area (Å²) in [6.45, 7) is 4.85. The molecule has 7 aromatic carbocycles. The van der Waals surface area contributed by atoms with Crippen LogP contribution >= 0.6 is 0 Å². The van der Waals surface area contributed by atoms with Crippen molar-refractivity contribution in [1.82, 2.24) is 0 Å². The summed E-state index contributed by atoms with van der Waals surface area (Å²) in [5.74, 6) is 1.85. The Hall–Kier alpha value is -6.65. The highest BCUT2D eigenvalue weighted by Gasteiger charge is 2.25. The number of para-hydroxylation sites is 1. The highest BCUT2D eigenvalue weighted by molar-refractivity contribution is 5.93. The highest BCUT2D eigenvalue weighted by Crippen LogP contribution is 2.39. The van der Waals surface area contributed by atoms with Crippen molar-refractivity contribution in [3.8, 4) is 11.5 Å². The number of pyridine rings is 1. The lowest BCUT2D eigenvalue weighted by Crippen LogP contribution is -2.37. The number of rotatable bonds is 11. The van der Waals surface area contributed by atoms with Crippen LogP contribution in [0.25, 0.3) is 49.3 Å². The Morgan fingerprint density at radius 2 is 1.22 bits per heavy atom. The van der Waals surface area contributed by atoms with E-state index in [9.17, 15) is 0 Å². The number of benzene rings is 7. The van der Waals surface area contributed by atoms with Crippen molar-refractivity contribution >= 4 is 55.0 Å². The van der Waals surface area contributed by atoms with E-state index in [0.29, 0.717) is 13.2 Å². The van der Waals surface area contributed by atoms with Crippen molar-refractivity contribution in [2.45, 2.75) is 19.9 Å². The first-order chi connectivity index (χ1) is 27.2. The molecule has 8 aromatic rings. The van der Waals surface area contributed by atoms with Gasteiger partial charge in [-0.05, 0) is 69.9 Å². The molecule has 0 unspecified atom stereocenters. The molecule has 0 atom stereocenters. The van der Waals surface area contributed by atoms with Crippen molar-refractivity contribution in [3.63, 3.8) is 0 Å². The zero-order valence-electron chi connectivity index (χ0n) is 31.1. The third kappa shape index (κ3) is 7.07. The minimum atomic E-state index is 0.580. The topological polar surface area (TPSA) is 25.6 Å². The number of nitrogens with zero attached hydrogens (tertiary/aromatic N) is 2. The van der Waals surface area contributed by atoms with Crippen molar-refractivity contribution in [2.75, 3.05) is 24.7 Å². The molecule has 4 nitrogen and oxygen atoms in total. The first-order valence-corrected chi connectivity index (χ1v) is 19.2. The second kappa shape index (κ2) is 15.4. The van der Waals surface area contributed by atoms with E-state index in [4.69, 9.17) is 9.47 Å². The minimum Gasteiger partial charge on any atom is -0.491 e. The van der Waals surface area contributed by atoms with Crippen LogP contribution in [0.4, 0.5) is 5.69 Å². The van der Waals surface area contributed by atoms with Crippen LogP contribution in [0.1, 0.15) is 18.1 Å². The Morgan fingerprint density at radius 1 is 0.618 bits per heavy atom. The molecule has 1 aliphatic heterocycles. The summed E-state index contributed by atoms with van der Waals surface area (Å²) in [6.07, 6.45) is 12.0. The monoisotopic (exact) mass is 715 g/mol. The largest absolute Gasteiger partial charge is 0.491 e. The van der Waals surface area contributed by atoms with Gasteiger partial charge in [0.25, 0.3) is 0 Å². The molecule has 2 heterocycles. The number of ether oxygens (including phenoxy) is 2. The third-order valence-electron chi connectivity index (χ3n) is 10.7. The van der Waals surface area contributed by atoms with Gasteiger partial charge in [0, 0.05) is 40.7 Å². The molecule has 0 aliphatic carbocycles. The van der Waals surface area contributed by atoms with Crippen LogP contribution < -0.4 is 18.9 Å². The summed E-state index contributed by atoms with van der Waals surface area (Å²) < 4.78 is 15.0. The SMILES string of the molecule is CC(C=Cc1cc[n+](CCOc2cccc3ccccc23)c2ccccc12)=CC=C1Cc2c(ccc3ccccc23)N1CCOc1cccc2ccccc12. The molecular weight excluding hydrogens is 673 g/mol. The van der Waals surface area contributed by atoms with Gasteiger partial charge in [-0.25, -0.2) is 0 Å². The minimum absolute atomic E-state index is 0.580. The molecule has 0 spiro atoms. The molecule has 0 bridgehead atoms. The number of anilines is 1. The second-order valence-electron chi connectivity index (χ2n) is 14.1. The van der Waals surface area contributed by atoms with E-state index < -0.39 is 0 Å². The number of hydrogen-bond donors (Lipinski definition) is 0. The fraction of sp³-hybridized carbons (Fsp3) is 0.118.